The zero-order valence-electron chi connectivity index (χ0n) is 10.2. The van der Waals surface area contributed by atoms with Gasteiger partial charge in [-0.1, -0.05) is 12.1 Å². The molecule has 16 heavy (non-hydrogen) atoms. The molecule has 5 nitrogen and oxygen atoms in total. The predicted molar refractivity (Wildman–Crippen MR) is 69.3 cm³/mol. The average Bonchev–Trinajstić information content (AvgIpc) is 2.31. The normalized spacial score (nSPS) is 12.3. The topological polar surface area (TPSA) is 71.1 Å². The highest BCUT2D eigenvalue weighted by Gasteiger charge is 2.05. The zero-order chi connectivity index (χ0) is 12.2. The van der Waals surface area contributed by atoms with Crippen molar-refractivity contribution in [1.82, 2.24) is 4.90 Å². The van der Waals surface area contributed by atoms with Crippen molar-refractivity contribution in [2.45, 2.75) is 13.3 Å². The van der Waals surface area contributed by atoms with Gasteiger partial charge in [-0.05, 0) is 5.75 Å². The van der Waals surface area contributed by atoms with Crippen molar-refractivity contribution in [1.29, 1.82) is 0 Å². The van der Waals surface area contributed by atoms with Crippen LogP contribution in [-0.4, -0.2) is 60.8 Å². The number of amidine groups is 1. The number of nitrogens with two attached hydrogens (primary N) is 1. The third-order valence-electron chi connectivity index (χ3n) is 2.18. The third kappa shape index (κ3) is 8.82. The SMILES string of the molecule is CCSCCN(CCOC)CCC(N)=NO. The Labute approximate surface area is 102 Å². The maximum atomic E-state index is 8.45. The van der Waals surface area contributed by atoms with Gasteiger partial charge in [-0.25, -0.2) is 0 Å². The molecule has 0 fully saturated rings. The van der Waals surface area contributed by atoms with Crippen molar-refractivity contribution in [3.05, 3.63) is 0 Å². The van der Waals surface area contributed by atoms with E-state index in [1.54, 1.807) is 7.11 Å². The number of methoxy groups -OCH3 is 1. The van der Waals surface area contributed by atoms with E-state index in [1.807, 2.05) is 11.8 Å². The molecule has 0 amide bonds. The smallest absolute Gasteiger partial charge is 0.140 e. The quantitative estimate of drug-likeness (QED) is 0.197. The minimum atomic E-state index is 0.283. The van der Waals surface area contributed by atoms with E-state index in [0.29, 0.717) is 13.0 Å². The lowest BCUT2D eigenvalue weighted by Gasteiger charge is -2.21. The number of thioether (sulfide) groups is 1. The molecule has 0 heterocycles. The summed E-state index contributed by atoms with van der Waals surface area (Å²) in [6.45, 7) is 5.58. The monoisotopic (exact) mass is 249 g/mol. The Morgan fingerprint density at radius 3 is 2.75 bits per heavy atom. The first kappa shape index (κ1) is 15.5. The Morgan fingerprint density at radius 2 is 2.19 bits per heavy atom. The van der Waals surface area contributed by atoms with Crippen LogP contribution in [0.5, 0.6) is 0 Å². The van der Waals surface area contributed by atoms with Crippen LogP contribution >= 0.6 is 11.8 Å². The lowest BCUT2D eigenvalue weighted by Crippen LogP contribution is -2.33. The van der Waals surface area contributed by atoms with Gasteiger partial charge in [-0.3, -0.25) is 4.90 Å². The van der Waals surface area contributed by atoms with E-state index in [4.69, 9.17) is 15.7 Å². The first-order chi connectivity index (χ1) is 7.74. The number of ether oxygens (including phenoxy) is 1. The van der Waals surface area contributed by atoms with Gasteiger partial charge in [0.1, 0.15) is 5.84 Å². The van der Waals surface area contributed by atoms with Crippen LogP contribution in [0.15, 0.2) is 5.16 Å². The van der Waals surface area contributed by atoms with Gasteiger partial charge in [-0.2, -0.15) is 11.8 Å². The first-order valence-corrected chi connectivity index (χ1v) is 6.65. The van der Waals surface area contributed by atoms with E-state index in [1.165, 1.54) is 0 Å². The molecule has 96 valence electrons. The van der Waals surface area contributed by atoms with E-state index >= 15 is 0 Å². The second kappa shape index (κ2) is 11.0. The fraction of sp³-hybridized carbons (Fsp3) is 0.900. The van der Waals surface area contributed by atoms with E-state index in [2.05, 4.69) is 17.0 Å². The molecule has 0 aliphatic heterocycles. The Bertz CT molecular complexity index is 191. The maximum Gasteiger partial charge on any atom is 0.140 e. The molecular formula is C10H23N3O2S. The molecule has 0 saturated carbocycles. The van der Waals surface area contributed by atoms with Crippen LogP contribution in [0.3, 0.4) is 0 Å². The summed E-state index contributed by atoms with van der Waals surface area (Å²) in [5.74, 6) is 2.53. The molecule has 3 N–H and O–H groups in total. The van der Waals surface area contributed by atoms with E-state index in [-0.39, 0.29) is 5.84 Å². The first-order valence-electron chi connectivity index (χ1n) is 5.50. The van der Waals surface area contributed by atoms with Gasteiger partial charge < -0.3 is 15.7 Å². The highest BCUT2D eigenvalue weighted by atomic mass is 32.2. The fourth-order valence-corrected chi connectivity index (χ4v) is 1.89. The Kier molecular flexibility index (Phi) is 10.7. The standard InChI is InChI=1S/C10H23N3O2S/c1-3-16-9-7-13(6-8-15-2)5-4-10(11)12-14/h14H,3-9H2,1-2H3,(H2,11,12). The maximum absolute atomic E-state index is 8.45. The molecule has 0 spiro atoms. The second-order valence-electron chi connectivity index (χ2n) is 3.37. The molecule has 0 atom stereocenters. The van der Waals surface area contributed by atoms with Gasteiger partial charge in [0, 0.05) is 38.9 Å². The summed E-state index contributed by atoms with van der Waals surface area (Å²) >= 11 is 1.92. The molecule has 0 aromatic heterocycles. The van der Waals surface area contributed by atoms with Crippen molar-refractivity contribution in [2.75, 3.05) is 44.9 Å². The van der Waals surface area contributed by atoms with Gasteiger partial charge >= 0.3 is 0 Å². The van der Waals surface area contributed by atoms with Gasteiger partial charge in [0.2, 0.25) is 0 Å². The van der Waals surface area contributed by atoms with Crippen LogP contribution in [0.2, 0.25) is 0 Å². The Hall–Kier alpha value is -0.460. The van der Waals surface area contributed by atoms with Crippen molar-refractivity contribution in [3.8, 4) is 0 Å². The Balaban J connectivity index is 3.79. The molecule has 6 heteroatoms. The number of rotatable bonds is 10. The van der Waals surface area contributed by atoms with E-state index < -0.39 is 0 Å². The molecule has 0 radical (unpaired) electrons. The lowest BCUT2D eigenvalue weighted by molar-refractivity contribution is 0.153. The predicted octanol–water partition coefficient (Wildman–Crippen LogP) is 0.824. The number of nitrogens with zero attached hydrogens (tertiary/aromatic N) is 2. The molecular weight excluding hydrogens is 226 g/mol. The van der Waals surface area contributed by atoms with Crippen molar-refractivity contribution >= 4 is 17.6 Å². The number of hydrogen-bond acceptors (Lipinski definition) is 5. The summed E-state index contributed by atoms with van der Waals surface area (Å²) in [6, 6.07) is 0. The third-order valence-corrected chi connectivity index (χ3v) is 3.06. The van der Waals surface area contributed by atoms with Crippen molar-refractivity contribution < 1.29 is 9.94 Å². The molecule has 0 aromatic carbocycles. The van der Waals surface area contributed by atoms with Gasteiger partial charge in [-0.15, -0.1) is 0 Å². The van der Waals surface area contributed by atoms with Gasteiger partial charge in [0.25, 0.3) is 0 Å². The van der Waals surface area contributed by atoms with Crippen LogP contribution in [0.4, 0.5) is 0 Å². The molecule has 0 unspecified atom stereocenters. The van der Waals surface area contributed by atoms with Crippen LogP contribution < -0.4 is 5.73 Å². The van der Waals surface area contributed by atoms with Gasteiger partial charge in [0.05, 0.1) is 6.61 Å². The second-order valence-corrected chi connectivity index (χ2v) is 4.77. The summed E-state index contributed by atoms with van der Waals surface area (Å²) in [5.41, 5.74) is 5.44. The molecule has 0 aromatic rings. The lowest BCUT2D eigenvalue weighted by atomic mass is 10.3. The van der Waals surface area contributed by atoms with Crippen LogP contribution in [0.1, 0.15) is 13.3 Å². The summed E-state index contributed by atoms with van der Waals surface area (Å²) in [4.78, 5) is 2.27. The summed E-state index contributed by atoms with van der Waals surface area (Å²) in [7, 11) is 1.70. The van der Waals surface area contributed by atoms with Crippen molar-refractivity contribution in [2.24, 2.45) is 10.9 Å². The van der Waals surface area contributed by atoms with E-state index in [0.717, 1.165) is 31.1 Å². The summed E-state index contributed by atoms with van der Waals surface area (Å²) in [6.07, 6.45) is 0.594. The number of hydrogen-bond donors (Lipinski definition) is 2. The minimum Gasteiger partial charge on any atom is -0.409 e. The Morgan fingerprint density at radius 1 is 1.44 bits per heavy atom. The molecule has 0 aliphatic carbocycles. The van der Waals surface area contributed by atoms with Crippen LogP contribution in [-0.2, 0) is 4.74 Å². The van der Waals surface area contributed by atoms with Crippen molar-refractivity contribution in [3.63, 3.8) is 0 Å². The van der Waals surface area contributed by atoms with Crippen LogP contribution in [0.25, 0.3) is 0 Å². The largest absolute Gasteiger partial charge is 0.409 e. The summed E-state index contributed by atoms with van der Waals surface area (Å²) < 4.78 is 5.05. The number of oxime groups is 1. The van der Waals surface area contributed by atoms with Gasteiger partial charge in [0.15, 0.2) is 0 Å². The average molecular weight is 249 g/mol. The zero-order valence-corrected chi connectivity index (χ0v) is 11.0. The highest BCUT2D eigenvalue weighted by molar-refractivity contribution is 7.99. The molecule has 0 saturated heterocycles. The minimum absolute atomic E-state index is 0.283. The highest BCUT2D eigenvalue weighted by Crippen LogP contribution is 2.01. The van der Waals surface area contributed by atoms with Crippen LogP contribution in [0, 0.1) is 0 Å². The molecule has 0 rings (SSSR count). The molecule has 0 bridgehead atoms. The summed E-state index contributed by atoms with van der Waals surface area (Å²) in [5, 5.41) is 11.4. The fourth-order valence-electron chi connectivity index (χ4n) is 1.22. The van der Waals surface area contributed by atoms with E-state index in [9.17, 15) is 0 Å². The molecule has 0 aliphatic rings.